The Balaban J connectivity index is 1.61. The zero-order valence-corrected chi connectivity index (χ0v) is 17.2. The minimum absolute atomic E-state index is 0.0499. The van der Waals surface area contributed by atoms with Crippen LogP contribution in [0.2, 0.25) is 0 Å². The van der Waals surface area contributed by atoms with Crippen LogP contribution < -0.4 is 0 Å². The van der Waals surface area contributed by atoms with E-state index >= 15 is 0 Å². The molecule has 0 N–H and O–H groups in total. The Morgan fingerprint density at radius 1 is 1.18 bits per heavy atom. The van der Waals surface area contributed by atoms with E-state index in [1.54, 1.807) is 6.08 Å². The number of carbonyl (C=O) groups is 1. The van der Waals surface area contributed by atoms with Crippen LogP contribution in [0.15, 0.2) is 81.3 Å². The molecule has 5 nitrogen and oxygen atoms in total. The fourth-order valence-corrected chi connectivity index (χ4v) is 4.05. The van der Waals surface area contributed by atoms with Gasteiger partial charge in [-0.15, -0.1) is 16.8 Å². The van der Waals surface area contributed by atoms with Crippen molar-refractivity contribution in [2.45, 2.75) is 11.7 Å². The molecule has 0 radical (unpaired) electrons. The maximum absolute atomic E-state index is 12.4. The highest BCUT2D eigenvalue weighted by molar-refractivity contribution is 9.10. The van der Waals surface area contributed by atoms with Crippen LogP contribution in [-0.2, 0) is 6.54 Å². The summed E-state index contributed by atoms with van der Waals surface area (Å²) in [5.41, 5.74) is 1.47. The molecule has 0 spiro atoms. The lowest BCUT2D eigenvalue weighted by atomic mass is 10.2. The Morgan fingerprint density at radius 3 is 2.79 bits per heavy atom. The number of hydrogen-bond donors (Lipinski definition) is 0. The van der Waals surface area contributed by atoms with E-state index in [0.29, 0.717) is 28.8 Å². The lowest BCUT2D eigenvalue weighted by molar-refractivity contribution is 0.102. The lowest BCUT2D eigenvalue weighted by Crippen LogP contribution is -2.05. The van der Waals surface area contributed by atoms with Gasteiger partial charge in [-0.25, -0.2) is 0 Å². The molecule has 2 heterocycles. The van der Waals surface area contributed by atoms with Crippen LogP contribution in [-0.4, -0.2) is 26.3 Å². The van der Waals surface area contributed by atoms with E-state index in [2.05, 4.69) is 32.7 Å². The number of benzene rings is 2. The topological polar surface area (TPSA) is 60.9 Å². The summed E-state index contributed by atoms with van der Waals surface area (Å²) >= 11 is 4.83. The number of allylic oxidation sites excluding steroid dienone is 1. The highest BCUT2D eigenvalue weighted by atomic mass is 79.9. The Labute approximate surface area is 174 Å². The number of nitrogens with zero attached hydrogens (tertiary/aromatic N) is 3. The number of Topliss-reactive ketones (excluding diaryl/α,β-unsaturated/α-hetero) is 1. The predicted octanol–water partition coefficient (Wildman–Crippen LogP) is 5.61. The van der Waals surface area contributed by atoms with Gasteiger partial charge in [0.05, 0.1) is 5.75 Å². The molecule has 0 atom stereocenters. The van der Waals surface area contributed by atoms with Crippen LogP contribution in [0, 0.1) is 0 Å². The highest BCUT2D eigenvalue weighted by Crippen LogP contribution is 2.31. The molecule has 0 aliphatic rings. The Hall–Kier alpha value is -2.64. The van der Waals surface area contributed by atoms with E-state index in [4.69, 9.17) is 4.42 Å². The number of furan rings is 1. The summed E-state index contributed by atoms with van der Waals surface area (Å²) in [6, 6.07) is 17.0. The molecule has 2 aromatic carbocycles. The normalized spacial score (nSPS) is 11.0. The van der Waals surface area contributed by atoms with E-state index in [0.717, 1.165) is 15.4 Å². The van der Waals surface area contributed by atoms with Crippen LogP contribution in [0.1, 0.15) is 10.4 Å². The molecule has 7 heteroatoms. The van der Waals surface area contributed by atoms with Gasteiger partial charge in [0.2, 0.25) is 5.82 Å². The number of hydrogen-bond acceptors (Lipinski definition) is 5. The third-order valence-electron chi connectivity index (χ3n) is 4.16. The SMILES string of the molecule is C=CCn1c(SCC(=O)c2ccccc2)nnc1-c1cc2cc(Br)ccc2o1. The van der Waals surface area contributed by atoms with E-state index in [1.807, 2.05) is 59.2 Å². The first-order chi connectivity index (χ1) is 13.7. The Bertz CT molecular complexity index is 1150. The van der Waals surface area contributed by atoms with Crippen molar-refractivity contribution in [3.8, 4) is 11.6 Å². The smallest absolute Gasteiger partial charge is 0.200 e. The largest absolute Gasteiger partial charge is 0.453 e. The number of rotatable bonds is 7. The van der Waals surface area contributed by atoms with Crippen molar-refractivity contribution < 1.29 is 9.21 Å². The van der Waals surface area contributed by atoms with Gasteiger partial charge < -0.3 is 4.42 Å². The number of fused-ring (bicyclic) bond motifs is 1. The third-order valence-corrected chi connectivity index (χ3v) is 5.62. The maximum atomic E-state index is 12.4. The minimum atomic E-state index is 0.0499. The molecule has 0 saturated carbocycles. The summed E-state index contributed by atoms with van der Waals surface area (Å²) in [4.78, 5) is 12.4. The molecule has 140 valence electrons. The molecule has 0 unspecified atom stereocenters. The zero-order valence-electron chi connectivity index (χ0n) is 14.8. The first-order valence-corrected chi connectivity index (χ1v) is 10.4. The average molecular weight is 454 g/mol. The van der Waals surface area contributed by atoms with Crippen LogP contribution in [0.3, 0.4) is 0 Å². The van der Waals surface area contributed by atoms with Gasteiger partial charge in [-0.2, -0.15) is 0 Å². The number of aromatic nitrogens is 3. The number of thioether (sulfide) groups is 1. The Kier molecular flexibility index (Phi) is 5.45. The van der Waals surface area contributed by atoms with Crippen molar-refractivity contribution in [1.29, 1.82) is 0 Å². The first kappa shape index (κ1) is 18.7. The summed E-state index contributed by atoms with van der Waals surface area (Å²) < 4.78 is 8.84. The molecule has 0 aliphatic heterocycles. The first-order valence-electron chi connectivity index (χ1n) is 8.60. The second-order valence-corrected chi connectivity index (χ2v) is 7.93. The van der Waals surface area contributed by atoms with Gasteiger partial charge in [0.1, 0.15) is 5.58 Å². The van der Waals surface area contributed by atoms with Crippen LogP contribution in [0.5, 0.6) is 0 Å². The predicted molar refractivity (Wildman–Crippen MR) is 115 cm³/mol. The fraction of sp³-hybridized carbons (Fsp3) is 0.0952. The summed E-state index contributed by atoms with van der Waals surface area (Å²) in [5.74, 6) is 1.58. The van der Waals surface area contributed by atoms with Crippen LogP contribution >= 0.6 is 27.7 Å². The van der Waals surface area contributed by atoms with Gasteiger partial charge in [0, 0.05) is 22.0 Å². The van der Waals surface area contributed by atoms with Crippen molar-refractivity contribution in [3.05, 3.63) is 77.3 Å². The molecular formula is C21H16BrN3O2S. The van der Waals surface area contributed by atoms with Crippen LogP contribution in [0.4, 0.5) is 0 Å². The molecule has 0 bridgehead atoms. The quantitative estimate of drug-likeness (QED) is 0.206. The van der Waals surface area contributed by atoms with Gasteiger partial charge >= 0.3 is 0 Å². The second kappa shape index (κ2) is 8.16. The third kappa shape index (κ3) is 3.81. The average Bonchev–Trinajstić information content (AvgIpc) is 3.30. The second-order valence-electron chi connectivity index (χ2n) is 6.08. The Morgan fingerprint density at radius 2 is 2.00 bits per heavy atom. The molecule has 0 amide bonds. The standard InChI is InChI=1S/C21H16BrN3O2S/c1-2-10-25-20(19-12-15-11-16(22)8-9-18(15)27-19)23-24-21(25)28-13-17(26)14-6-4-3-5-7-14/h2-9,11-12H,1,10,13H2. The van der Waals surface area contributed by atoms with Crippen molar-refractivity contribution in [3.63, 3.8) is 0 Å². The molecule has 4 rings (SSSR count). The molecule has 2 aromatic heterocycles. The number of carbonyl (C=O) groups excluding carboxylic acids is 1. The molecule has 0 aliphatic carbocycles. The number of halogens is 1. The van der Waals surface area contributed by atoms with E-state index in [1.165, 1.54) is 11.8 Å². The lowest BCUT2D eigenvalue weighted by Gasteiger charge is -2.06. The van der Waals surface area contributed by atoms with Gasteiger partial charge in [-0.1, -0.05) is 64.1 Å². The van der Waals surface area contributed by atoms with Gasteiger partial charge in [-0.05, 0) is 24.3 Å². The molecule has 4 aromatic rings. The van der Waals surface area contributed by atoms with Crippen molar-refractivity contribution in [2.75, 3.05) is 5.75 Å². The monoisotopic (exact) mass is 453 g/mol. The summed E-state index contributed by atoms with van der Waals surface area (Å²) in [6.07, 6.45) is 1.77. The molecule has 0 saturated heterocycles. The summed E-state index contributed by atoms with van der Waals surface area (Å²) in [6.45, 7) is 4.34. The van der Waals surface area contributed by atoms with Crippen LogP contribution in [0.25, 0.3) is 22.6 Å². The van der Waals surface area contributed by atoms with E-state index in [9.17, 15) is 4.79 Å². The van der Waals surface area contributed by atoms with Crippen molar-refractivity contribution >= 4 is 44.4 Å². The van der Waals surface area contributed by atoms with Gasteiger partial charge in [0.25, 0.3) is 0 Å². The minimum Gasteiger partial charge on any atom is -0.453 e. The molecule has 0 fully saturated rings. The molecular weight excluding hydrogens is 438 g/mol. The van der Waals surface area contributed by atoms with E-state index < -0.39 is 0 Å². The maximum Gasteiger partial charge on any atom is 0.200 e. The number of ketones is 1. The molecule has 28 heavy (non-hydrogen) atoms. The van der Waals surface area contributed by atoms with Gasteiger partial charge in [0.15, 0.2) is 16.7 Å². The van der Waals surface area contributed by atoms with E-state index in [-0.39, 0.29) is 11.5 Å². The van der Waals surface area contributed by atoms with Gasteiger partial charge in [-0.3, -0.25) is 9.36 Å². The van der Waals surface area contributed by atoms with Crippen molar-refractivity contribution in [1.82, 2.24) is 14.8 Å². The zero-order chi connectivity index (χ0) is 19.5. The fourth-order valence-electron chi connectivity index (χ4n) is 2.83. The van der Waals surface area contributed by atoms with Crippen molar-refractivity contribution in [2.24, 2.45) is 0 Å². The summed E-state index contributed by atoms with van der Waals surface area (Å²) in [7, 11) is 0. The highest BCUT2D eigenvalue weighted by Gasteiger charge is 2.18. The summed E-state index contributed by atoms with van der Waals surface area (Å²) in [5, 5.41) is 10.2.